The van der Waals surface area contributed by atoms with Crippen molar-refractivity contribution < 1.29 is 13.5 Å². The Bertz CT molecular complexity index is 712. The fourth-order valence-electron chi connectivity index (χ4n) is 1.42. The van der Waals surface area contributed by atoms with Crippen molar-refractivity contribution in [2.45, 2.75) is 4.90 Å². The minimum atomic E-state index is -3.97. The van der Waals surface area contributed by atoms with Gasteiger partial charge in [-0.1, -0.05) is 18.2 Å². The highest BCUT2D eigenvalue weighted by Gasteiger charge is 2.14. The molecule has 0 fully saturated rings. The molecular formula is C12H11N3O3S. The molecule has 7 heteroatoms. The lowest BCUT2D eigenvalue weighted by molar-refractivity contribution is 0.473. The molecule has 19 heavy (non-hydrogen) atoms. The Morgan fingerprint density at radius 1 is 1.00 bits per heavy atom. The predicted molar refractivity (Wildman–Crippen MR) is 70.1 cm³/mol. The summed E-state index contributed by atoms with van der Waals surface area (Å²) in [6, 6.07) is 12.5. The minimum absolute atomic E-state index is 0.0733. The Morgan fingerprint density at radius 3 is 2.32 bits per heavy atom. The van der Waals surface area contributed by atoms with Crippen molar-refractivity contribution in [3.05, 3.63) is 48.5 Å². The number of azo groups is 1. The molecule has 0 aliphatic carbocycles. The van der Waals surface area contributed by atoms with Crippen LogP contribution in [0.25, 0.3) is 0 Å². The van der Waals surface area contributed by atoms with Crippen molar-refractivity contribution in [2.24, 2.45) is 15.4 Å². The molecule has 0 atom stereocenters. The Kier molecular flexibility index (Phi) is 3.59. The number of nitrogens with zero attached hydrogens (tertiary/aromatic N) is 2. The lowest BCUT2D eigenvalue weighted by Crippen LogP contribution is -2.12. The minimum Gasteiger partial charge on any atom is -0.508 e. The van der Waals surface area contributed by atoms with Crippen molar-refractivity contribution in [3.8, 4) is 5.75 Å². The zero-order chi connectivity index (χ0) is 13.9. The molecular weight excluding hydrogens is 266 g/mol. The van der Waals surface area contributed by atoms with Gasteiger partial charge in [-0.2, -0.15) is 5.11 Å². The molecule has 0 bridgehead atoms. The molecule has 0 aliphatic heterocycles. The van der Waals surface area contributed by atoms with E-state index in [1.165, 1.54) is 12.1 Å². The monoisotopic (exact) mass is 277 g/mol. The van der Waals surface area contributed by atoms with E-state index in [1.54, 1.807) is 24.3 Å². The first-order chi connectivity index (χ1) is 8.97. The summed E-state index contributed by atoms with van der Waals surface area (Å²) in [4.78, 5) is -0.271. The van der Waals surface area contributed by atoms with E-state index in [1.807, 2.05) is 6.07 Å². The second kappa shape index (κ2) is 5.17. The Hall–Kier alpha value is -2.25. The SMILES string of the molecule is NS(=O)(=O)c1cc(O)ccc1N=Nc1ccccc1. The van der Waals surface area contributed by atoms with Gasteiger partial charge in [0, 0.05) is 6.07 Å². The summed E-state index contributed by atoms with van der Waals surface area (Å²) in [5.74, 6) is -0.206. The highest BCUT2D eigenvalue weighted by molar-refractivity contribution is 7.89. The number of rotatable bonds is 3. The highest BCUT2D eigenvalue weighted by atomic mass is 32.2. The number of primary sulfonamides is 1. The number of aromatic hydroxyl groups is 1. The van der Waals surface area contributed by atoms with Crippen molar-refractivity contribution in [1.29, 1.82) is 0 Å². The third-order valence-corrected chi connectivity index (χ3v) is 3.22. The number of benzene rings is 2. The summed E-state index contributed by atoms with van der Waals surface area (Å²) in [5, 5.41) is 22.1. The average molecular weight is 277 g/mol. The largest absolute Gasteiger partial charge is 0.508 e. The van der Waals surface area contributed by atoms with E-state index in [9.17, 15) is 13.5 Å². The normalized spacial score (nSPS) is 11.8. The lowest BCUT2D eigenvalue weighted by atomic mass is 10.3. The fourth-order valence-corrected chi connectivity index (χ4v) is 2.10. The number of sulfonamides is 1. The standard InChI is InChI=1S/C12H11N3O3S/c13-19(17,18)12-8-10(16)6-7-11(12)15-14-9-4-2-1-3-5-9/h1-8,16H,(H2,13,17,18). The molecule has 0 aliphatic rings. The van der Waals surface area contributed by atoms with Crippen molar-refractivity contribution in [1.82, 2.24) is 0 Å². The van der Waals surface area contributed by atoms with Gasteiger partial charge in [0.15, 0.2) is 0 Å². The third-order valence-electron chi connectivity index (χ3n) is 2.28. The molecule has 0 unspecified atom stereocenters. The second-order valence-corrected chi connectivity index (χ2v) is 5.26. The molecule has 2 aromatic carbocycles. The summed E-state index contributed by atoms with van der Waals surface area (Å²) < 4.78 is 22.8. The number of hydrogen-bond acceptors (Lipinski definition) is 5. The molecule has 98 valence electrons. The van der Waals surface area contributed by atoms with Crippen LogP contribution < -0.4 is 5.14 Å². The van der Waals surface area contributed by atoms with Gasteiger partial charge in [0.1, 0.15) is 16.3 Å². The number of hydrogen-bond donors (Lipinski definition) is 2. The molecule has 2 aromatic rings. The van der Waals surface area contributed by atoms with E-state index in [0.717, 1.165) is 6.07 Å². The molecule has 0 radical (unpaired) electrons. The van der Waals surface area contributed by atoms with Gasteiger partial charge in [-0.25, -0.2) is 13.6 Å². The lowest BCUT2D eigenvalue weighted by Gasteiger charge is -2.02. The van der Waals surface area contributed by atoms with Crippen molar-refractivity contribution in [3.63, 3.8) is 0 Å². The molecule has 0 aromatic heterocycles. The van der Waals surface area contributed by atoms with E-state index >= 15 is 0 Å². The smallest absolute Gasteiger partial charge is 0.240 e. The Labute approximate surface area is 110 Å². The quantitative estimate of drug-likeness (QED) is 0.841. The maximum atomic E-state index is 11.4. The van der Waals surface area contributed by atoms with E-state index in [4.69, 9.17) is 5.14 Å². The van der Waals surface area contributed by atoms with Crippen LogP contribution in [0.5, 0.6) is 5.75 Å². The fraction of sp³-hybridized carbons (Fsp3) is 0. The molecule has 0 amide bonds. The first-order valence-corrected chi connectivity index (χ1v) is 6.84. The summed E-state index contributed by atoms with van der Waals surface area (Å²) in [6.07, 6.45) is 0. The topological polar surface area (TPSA) is 105 Å². The predicted octanol–water partition coefficient (Wildman–Crippen LogP) is 2.46. The Balaban J connectivity index is 2.44. The van der Waals surface area contributed by atoms with Gasteiger partial charge < -0.3 is 5.11 Å². The van der Waals surface area contributed by atoms with Gasteiger partial charge in [0.25, 0.3) is 0 Å². The van der Waals surface area contributed by atoms with Crippen LogP contribution in [0.15, 0.2) is 63.7 Å². The van der Waals surface area contributed by atoms with E-state index in [2.05, 4.69) is 10.2 Å². The average Bonchev–Trinajstić information content (AvgIpc) is 2.37. The van der Waals surface area contributed by atoms with Crippen LogP contribution in [-0.2, 0) is 10.0 Å². The number of phenols is 1. The molecule has 0 saturated heterocycles. The highest BCUT2D eigenvalue weighted by Crippen LogP contribution is 2.28. The first kappa shape index (κ1) is 13.2. The molecule has 6 nitrogen and oxygen atoms in total. The zero-order valence-corrected chi connectivity index (χ0v) is 10.6. The van der Waals surface area contributed by atoms with Gasteiger partial charge in [-0.3, -0.25) is 0 Å². The van der Waals surface area contributed by atoms with Crippen LogP contribution in [0, 0.1) is 0 Å². The summed E-state index contributed by atoms with van der Waals surface area (Å²) in [6.45, 7) is 0. The summed E-state index contributed by atoms with van der Waals surface area (Å²) >= 11 is 0. The van der Waals surface area contributed by atoms with Crippen LogP contribution in [0.3, 0.4) is 0 Å². The second-order valence-electron chi connectivity index (χ2n) is 3.73. The Morgan fingerprint density at radius 2 is 1.68 bits per heavy atom. The summed E-state index contributed by atoms with van der Waals surface area (Å²) in [7, 11) is -3.97. The zero-order valence-electron chi connectivity index (χ0n) is 9.76. The van der Waals surface area contributed by atoms with E-state index in [0.29, 0.717) is 5.69 Å². The summed E-state index contributed by atoms with van der Waals surface area (Å²) in [5.41, 5.74) is 0.653. The maximum Gasteiger partial charge on any atom is 0.240 e. The van der Waals surface area contributed by atoms with E-state index < -0.39 is 10.0 Å². The van der Waals surface area contributed by atoms with Crippen LogP contribution >= 0.6 is 0 Å². The van der Waals surface area contributed by atoms with Gasteiger partial charge in [-0.05, 0) is 24.3 Å². The van der Waals surface area contributed by atoms with Crippen LogP contribution in [0.1, 0.15) is 0 Å². The number of phenolic OH excluding ortho intramolecular Hbond substituents is 1. The maximum absolute atomic E-state index is 11.4. The van der Waals surface area contributed by atoms with Crippen LogP contribution in [-0.4, -0.2) is 13.5 Å². The van der Waals surface area contributed by atoms with Crippen molar-refractivity contribution >= 4 is 21.4 Å². The molecule has 2 rings (SSSR count). The van der Waals surface area contributed by atoms with E-state index in [-0.39, 0.29) is 16.3 Å². The number of nitrogens with two attached hydrogens (primary N) is 1. The van der Waals surface area contributed by atoms with Gasteiger partial charge >= 0.3 is 0 Å². The molecule has 3 N–H and O–H groups in total. The molecule has 0 spiro atoms. The third kappa shape index (κ3) is 3.36. The first-order valence-electron chi connectivity index (χ1n) is 5.29. The van der Waals surface area contributed by atoms with Gasteiger partial charge in [0.2, 0.25) is 10.0 Å². The van der Waals surface area contributed by atoms with Crippen LogP contribution in [0.2, 0.25) is 0 Å². The molecule has 0 saturated carbocycles. The van der Waals surface area contributed by atoms with Crippen molar-refractivity contribution in [2.75, 3.05) is 0 Å². The van der Waals surface area contributed by atoms with Gasteiger partial charge in [0.05, 0.1) is 5.69 Å². The van der Waals surface area contributed by atoms with Crippen LogP contribution in [0.4, 0.5) is 11.4 Å². The molecule has 0 heterocycles. The van der Waals surface area contributed by atoms with Gasteiger partial charge in [-0.15, -0.1) is 5.11 Å².